The van der Waals surface area contributed by atoms with Crippen LogP contribution in [0.2, 0.25) is 5.02 Å². The monoisotopic (exact) mass is 267 g/mol. The van der Waals surface area contributed by atoms with E-state index in [0.717, 1.165) is 31.7 Å². The van der Waals surface area contributed by atoms with Crippen molar-refractivity contribution in [3.8, 4) is 11.6 Å². The zero-order valence-corrected chi connectivity index (χ0v) is 11.1. The second kappa shape index (κ2) is 4.37. The Balaban J connectivity index is 2.06. The number of hydrogen-bond acceptors (Lipinski definition) is 5. The molecule has 0 amide bonds. The summed E-state index contributed by atoms with van der Waals surface area (Å²) < 4.78 is 7.08. The number of aryl methyl sites for hydroxylation is 2. The van der Waals surface area contributed by atoms with Gasteiger partial charge in [-0.05, 0) is 20.4 Å². The Bertz CT molecular complexity index is 576. The van der Waals surface area contributed by atoms with Gasteiger partial charge in [0.05, 0.1) is 10.7 Å². The third-order valence-corrected chi connectivity index (χ3v) is 3.45. The lowest BCUT2D eigenvalue weighted by atomic mass is 10.3. The van der Waals surface area contributed by atoms with Gasteiger partial charge in [-0.2, -0.15) is 10.1 Å². The normalized spacial score (nSPS) is 16.6. The number of halogens is 1. The van der Waals surface area contributed by atoms with Gasteiger partial charge in [0.25, 0.3) is 5.89 Å². The SMILES string of the molecule is Cc1noc(-c2nn3c(c2Cl)CN(C)CCC3)n1. The number of nitrogens with zero attached hydrogens (tertiary/aromatic N) is 5. The van der Waals surface area contributed by atoms with Gasteiger partial charge in [-0.25, -0.2) is 0 Å². The van der Waals surface area contributed by atoms with Gasteiger partial charge in [0, 0.05) is 19.6 Å². The molecule has 6 nitrogen and oxygen atoms in total. The molecule has 2 aromatic rings. The van der Waals surface area contributed by atoms with E-state index < -0.39 is 0 Å². The average Bonchev–Trinajstić information content (AvgIpc) is 2.81. The van der Waals surface area contributed by atoms with E-state index in [1.54, 1.807) is 6.92 Å². The third kappa shape index (κ3) is 1.91. The van der Waals surface area contributed by atoms with Crippen LogP contribution in [-0.2, 0) is 13.1 Å². The van der Waals surface area contributed by atoms with Crippen molar-refractivity contribution >= 4 is 11.6 Å². The van der Waals surface area contributed by atoms with Gasteiger partial charge < -0.3 is 9.42 Å². The van der Waals surface area contributed by atoms with Gasteiger partial charge in [-0.3, -0.25) is 4.68 Å². The van der Waals surface area contributed by atoms with Gasteiger partial charge in [-0.15, -0.1) is 0 Å². The van der Waals surface area contributed by atoms with E-state index in [9.17, 15) is 0 Å². The first-order valence-corrected chi connectivity index (χ1v) is 6.27. The first kappa shape index (κ1) is 11.7. The molecule has 96 valence electrons. The summed E-state index contributed by atoms with van der Waals surface area (Å²) in [4.78, 5) is 6.41. The Morgan fingerprint density at radius 1 is 1.33 bits per heavy atom. The van der Waals surface area contributed by atoms with Crippen LogP contribution in [-0.4, -0.2) is 38.4 Å². The highest BCUT2D eigenvalue weighted by Gasteiger charge is 2.23. The van der Waals surface area contributed by atoms with Crippen molar-refractivity contribution in [3.05, 3.63) is 16.5 Å². The Morgan fingerprint density at radius 2 is 2.17 bits per heavy atom. The van der Waals surface area contributed by atoms with Crippen molar-refractivity contribution < 1.29 is 4.52 Å². The lowest BCUT2D eigenvalue weighted by molar-refractivity contribution is 0.332. The van der Waals surface area contributed by atoms with Gasteiger partial charge in [0.2, 0.25) is 0 Å². The van der Waals surface area contributed by atoms with Crippen LogP contribution in [0.15, 0.2) is 4.52 Å². The Kier molecular flexibility index (Phi) is 2.83. The molecular weight excluding hydrogens is 254 g/mol. The lowest BCUT2D eigenvalue weighted by Crippen LogP contribution is -2.17. The lowest BCUT2D eigenvalue weighted by Gasteiger charge is -2.11. The molecule has 3 heterocycles. The standard InChI is InChI=1S/C11H14ClN5O/c1-7-13-11(18-15-7)10-9(12)8-6-16(2)4-3-5-17(8)14-10/h3-6H2,1-2H3. The molecule has 3 rings (SSSR count). The second-order valence-electron chi connectivity index (χ2n) is 4.57. The highest BCUT2D eigenvalue weighted by molar-refractivity contribution is 6.33. The summed E-state index contributed by atoms with van der Waals surface area (Å²) >= 11 is 6.39. The maximum atomic E-state index is 6.39. The third-order valence-electron chi connectivity index (χ3n) is 3.05. The minimum absolute atomic E-state index is 0.390. The van der Waals surface area contributed by atoms with Crippen molar-refractivity contribution in [1.82, 2.24) is 24.8 Å². The first-order chi connectivity index (χ1) is 8.65. The maximum Gasteiger partial charge on any atom is 0.279 e. The fraction of sp³-hybridized carbons (Fsp3) is 0.545. The summed E-state index contributed by atoms with van der Waals surface area (Å²) in [7, 11) is 2.08. The molecule has 0 aliphatic carbocycles. The summed E-state index contributed by atoms with van der Waals surface area (Å²) in [5, 5.41) is 8.88. The molecule has 0 saturated carbocycles. The van der Waals surface area contributed by atoms with Crippen molar-refractivity contribution in [2.45, 2.75) is 26.4 Å². The number of aromatic nitrogens is 4. The highest BCUT2D eigenvalue weighted by Crippen LogP contribution is 2.30. The van der Waals surface area contributed by atoms with E-state index in [-0.39, 0.29) is 0 Å². The van der Waals surface area contributed by atoms with Crippen molar-refractivity contribution in [2.24, 2.45) is 0 Å². The average molecular weight is 268 g/mol. The number of rotatable bonds is 1. The maximum absolute atomic E-state index is 6.39. The molecule has 2 aromatic heterocycles. The van der Waals surface area contributed by atoms with Crippen LogP contribution in [0.25, 0.3) is 11.6 Å². The van der Waals surface area contributed by atoms with Crippen LogP contribution in [0.1, 0.15) is 17.9 Å². The van der Waals surface area contributed by atoms with E-state index in [1.807, 2.05) is 4.68 Å². The molecule has 0 spiro atoms. The molecule has 0 N–H and O–H groups in total. The van der Waals surface area contributed by atoms with E-state index in [4.69, 9.17) is 16.1 Å². The predicted octanol–water partition coefficient (Wildman–Crippen LogP) is 1.73. The summed E-state index contributed by atoms with van der Waals surface area (Å²) in [6.07, 6.45) is 1.06. The molecule has 0 fully saturated rings. The van der Waals surface area contributed by atoms with Crippen molar-refractivity contribution in [2.75, 3.05) is 13.6 Å². The molecule has 0 bridgehead atoms. The smallest absolute Gasteiger partial charge is 0.279 e. The topological polar surface area (TPSA) is 60.0 Å². The number of fused-ring (bicyclic) bond motifs is 1. The summed E-state index contributed by atoms with van der Waals surface area (Å²) in [5.74, 6) is 0.974. The van der Waals surface area contributed by atoms with E-state index >= 15 is 0 Å². The molecule has 0 radical (unpaired) electrons. The first-order valence-electron chi connectivity index (χ1n) is 5.89. The van der Waals surface area contributed by atoms with Crippen LogP contribution in [0.4, 0.5) is 0 Å². The molecular formula is C11H14ClN5O. The minimum Gasteiger partial charge on any atom is -0.332 e. The molecule has 1 aliphatic heterocycles. The second-order valence-corrected chi connectivity index (χ2v) is 4.95. The van der Waals surface area contributed by atoms with Gasteiger partial charge in [0.15, 0.2) is 11.5 Å². The Morgan fingerprint density at radius 3 is 2.89 bits per heavy atom. The zero-order valence-electron chi connectivity index (χ0n) is 10.4. The minimum atomic E-state index is 0.390. The Hall–Kier alpha value is -1.40. The van der Waals surface area contributed by atoms with Crippen LogP contribution < -0.4 is 0 Å². The van der Waals surface area contributed by atoms with E-state index in [2.05, 4.69) is 27.2 Å². The summed E-state index contributed by atoms with van der Waals surface area (Å²) in [6, 6.07) is 0. The molecule has 0 unspecified atom stereocenters. The fourth-order valence-electron chi connectivity index (χ4n) is 2.17. The fourth-order valence-corrected chi connectivity index (χ4v) is 2.44. The largest absolute Gasteiger partial charge is 0.332 e. The zero-order chi connectivity index (χ0) is 12.7. The van der Waals surface area contributed by atoms with Crippen molar-refractivity contribution in [1.29, 1.82) is 0 Å². The molecule has 1 aliphatic rings. The highest BCUT2D eigenvalue weighted by atomic mass is 35.5. The van der Waals surface area contributed by atoms with E-state index in [1.165, 1.54) is 0 Å². The quantitative estimate of drug-likeness (QED) is 0.787. The van der Waals surface area contributed by atoms with Crippen LogP contribution in [0.3, 0.4) is 0 Å². The van der Waals surface area contributed by atoms with Crippen LogP contribution >= 0.6 is 11.6 Å². The van der Waals surface area contributed by atoms with Crippen molar-refractivity contribution in [3.63, 3.8) is 0 Å². The molecule has 0 aromatic carbocycles. The summed E-state index contributed by atoms with van der Waals surface area (Å²) in [6.45, 7) is 4.48. The molecule has 7 heteroatoms. The van der Waals surface area contributed by atoms with Gasteiger partial charge >= 0.3 is 0 Å². The molecule has 0 atom stereocenters. The number of hydrogen-bond donors (Lipinski definition) is 0. The van der Waals surface area contributed by atoms with Gasteiger partial charge in [-0.1, -0.05) is 16.8 Å². The Labute approximate surface area is 110 Å². The van der Waals surface area contributed by atoms with Crippen LogP contribution in [0, 0.1) is 6.92 Å². The predicted molar refractivity (Wildman–Crippen MR) is 66.2 cm³/mol. The summed E-state index contributed by atoms with van der Waals surface area (Å²) in [5.41, 5.74) is 1.60. The molecule has 0 saturated heterocycles. The van der Waals surface area contributed by atoms with Crippen LogP contribution in [0.5, 0.6) is 0 Å². The molecule has 18 heavy (non-hydrogen) atoms. The van der Waals surface area contributed by atoms with Gasteiger partial charge in [0.1, 0.15) is 0 Å². The van der Waals surface area contributed by atoms with E-state index in [0.29, 0.717) is 22.4 Å².